The summed E-state index contributed by atoms with van der Waals surface area (Å²) in [7, 11) is 0. The molecule has 0 bridgehead atoms. The molecule has 0 unspecified atom stereocenters. The number of halogens is 1. The smallest absolute Gasteiger partial charge is 0.163 e. The fraction of sp³-hybridized carbons (Fsp3) is 0.348. The van der Waals surface area contributed by atoms with Crippen molar-refractivity contribution in [3.8, 4) is 5.75 Å². The number of carbonyl (C=O) groups excluding carboxylic acids is 1. The molecular formula is C23H25BrN2O2. The predicted molar refractivity (Wildman–Crippen MR) is 117 cm³/mol. The van der Waals surface area contributed by atoms with Gasteiger partial charge in [0.15, 0.2) is 5.78 Å². The van der Waals surface area contributed by atoms with Crippen LogP contribution >= 0.6 is 15.9 Å². The van der Waals surface area contributed by atoms with Crippen molar-refractivity contribution in [1.82, 2.24) is 0 Å². The number of rotatable bonds is 1. The second kappa shape index (κ2) is 6.66. The highest BCUT2D eigenvalue weighted by Gasteiger charge is 2.39. The number of benzene rings is 2. The maximum Gasteiger partial charge on any atom is 0.163 e. The first-order valence-electron chi connectivity index (χ1n) is 9.54. The zero-order valence-electron chi connectivity index (χ0n) is 16.6. The van der Waals surface area contributed by atoms with E-state index in [1.165, 1.54) is 11.1 Å². The fourth-order valence-electron chi connectivity index (χ4n) is 4.20. The van der Waals surface area contributed by atoms with E-state index in [9.17, 15) is 9.90 Å². The third kappa shape index (κ3) is 3.32. The molecule has 5 heteroatoms. The van der Waals surface area contributed by atoms with Crippen molar-refractivity contribution >= 4 is 33.1 Å². The van der Waals surface area contributed by atoms with E-state index in [0.717, 1.165) is 33.5 Å². The van der Waals surface area contributed by atoms with Crippen molar-refractivity contribution in [3.05, 3.63) is 62.8 Å². The van der Waals surface area contributed by atoms with Gasteiger partial charge in [-0.1, -0.05) is 29.8 Å². The molecular weight excluding hydrogens is 416 g/mol. The Bertz CT molecular complexity index is 1020. The molecule has 1 atom stereocenters. The van der Waals surface area contributed by atoms with Crippen LogP contribution in [0.3, 0.4) is 0 Å². The average molecular weight is 441 g/mol. The van der Waals surface area contributed by atoms with Crippen molar-refractivity contribution < 1.29 is 9.90 Å². The molecule has 2 aromatic carbocycles. The molecule has 1 aliphatic carbocycles. The lowest BCUT2D eigenvalue weighted by Gasteiger charge is -2.34. The standard InChI is InChI=1S/C23H25BrN2O2/c1-12-7-16-17(8-13(12)2)26-22(15-9-14(24)5-6-19(15)27)21-18(25-16)10-23(3,4)11-20(21)28/h5-9,22,25-27H,10-11H2,1-4H3/t22-/m1/s1. The molecule has 1 heterocycles. The molecule has 0 amide bonds. The molecule has 1 aliphatic heterocycles. The van der Waals surface area contributed by atoms with Crippen molar-refractivity contribution in [1.29, 1.82) is 0 Å². The summed E-state index contributed by atoms with van der Waals surface area (Å²) in [6, 6.07) is 9.17. The lowest BCUT2D eigenvalue weighted by Crippen LogP contribution is -2.31. The highest BCUT2D eigenvalue weighted by molar-refractivity contribution is 9.10. The molecule has 2 aromatic rings. The number of nitrogens with one attached hydrogen (secondary N) is 2. The second-order valence-electron chi connectivity index (χ2n) is 8.72. The first kappa shape index (κ1) is 19.1. The van der Waals surface area contributed by atoms with Crippen LogP contribution in [-0.2, 0) is 4.79 Å². The van der Waals surface area contributed by atoms with Crippen LogP contribution in [-0.4, -0.2) is 10.9 Å². The van der Waals surface area contributed by atoms with Crippen LogP contribution in [0.25, 0.3) is 0 Å². The molecule has 0 radical (unpaired) electrons. The third-order valence-corrected chi connectivity index (χ3v) is 6.22. The van der Waals surface area contributed by atoms with Crippen LogP contribution in [0.5, 0.6) is 5.75 Å². The van der Waals surface area contributed by atoms with Crippen molar-refractivity contribution in [2.75, 3.05) is 10.6 Å². The molecule has 3 N–H and O–H groups in total. The summed E-state index contributed by atoms with van der Waals surface area (Å²) >= 11 is 3.50. The Morgan fingerprint density at radius 3 is 2.46 bits per heavy atom. The normalized spacial score (nSPS) is 20.6. The molecule has 0 aromatic heterocycles. The number of ketones is 1. The number of carbonyl (C=O) groups is 1. The van der Waals surface area contributed by atoms with E-state index in [1.54, 1.807) is 12.1 Å². The van der Waals surface area contributed by atoms with Gasteiger partial charge in [-0.2, -0.15) is 0 Å². The molecule has 4 rings (SSSR count). The Kier molecular flexibility index (Phi) is 4.53. The first-order chi connectivity index (χ1) is 13.1. The minimum absolute atomic E-state index is 0.100. The summed E-state index contributed by atoms with van der Waals surface area (Å²) in [6.45, 7) is 8.42. The van der Waals surface area contributed by atoms with E-state index >= 15 is 0 Å². The summed E-state index contributed by atoms with van der Waals surface area (Å²) in [4.78, 5) is 13.2. The van der Waals surface area contributed by atoms with Gasteiger partial charge in [-0.05, 0) is 67.1 Å². The SMILES string of the molecule is Cc1cc2c(cc1C)N[C@H](c1cc(Br)ccc1O)C1=C(CC(C)(C)CC1=O)N2. The molecule has 2 aliphatic rings. The molecule has 28 heavy (non-hydrogen) atoms. The summed E-state index contributed by atoms with van der Waals surface area (Å²) in [6.07, 6.45) is 1.28. The maximum absolute atomic E-state index is 13.2. The van der Waals surface area contributed by atoms with Crippen molar-refractivity contribution in [3.63, 3.8) is 0 Å². The minimum Gasteiger partial charge on any atom is -0.508 e. The molecule has 0 saturated heterocycles. The number of phenols is 1. The van der Waals surface area contributed by atoms with Gasteiger partial charge in [0, 0.05) is 27.7 Å². The highest BCUT2D eigenvalue weighted by Crippen LogP contribution is 2.47. The summed E-state index contributed by atoms with van der Waals surface area (Å²) < 4.78 is 0.866. The third-order valence-electron chi connectivity index (χ3n) is 5.73. The molecule has 0 spiro atoms. The largest absolute Gasteiger partial charge is 0.508 e. The monoisotopic (exact) mass is 440 g/mol. The van der Waals surface area contributed by atoms with Gasteiger partial charge in [0.05, 0.1) is 17.4 Å². The van der Waals surface area contributed by atoms with Crippen molar-refractivity contribution in [2.24, 2.45) is 5.41 Å². The number of hydrogen-bond donors (Lipinski definition) is 3. The van der Waals surface area contributed by atoms with Gasteiger partial charge >= 0.3 is 0 Å². The number of aromatic hydroxyl groups is 1. The Morgan fingerprint density at radius 2 is 1.75 bits per heavy atom. The van der Waals surface area contributed by atoms with Gasteiger partial charge in [-0.15, -0.1) is 0 Å². The van der Waals surface area contributed by atoms with E-state index in [0.29, 0.717) is 12.0 Å². The molecule has 4 nitrogen and oxygen atoms in total. The summed E-state index contributed by atoms with van der Waals surface area (Å²) in [5.41, 5.74) is 6.54. The van der Waals surface area contributed by atoms with Gasteiger partial charge < -0.3 is 15.7 Å². The van der Waals surface area contributed by atoms with E-state index in [4.69, 9.17) is 0 Å². The fourth-order valence-corrected chi connectivity index (χ4v) is 4.58. The zero-order chi connectivity index (χ0) is 20.2. The molecule has 0 saturated carbocycles. The number of phenolic OH excluding ortho intramolecular Hbond substituents is 1. The van der Waals surface area contributed by atoms with Gasteiger partial charge in [0.2, 0.25) is 0 Å². The number of fused-ring (bicyclic) bond motifs is 1. The predicted octanol–water partition coefficient (Wildman–Crippen LogP) is 5.99. The van der Waals surface area contributed by atoms with E-state index in [-0.39, 0.29) is 16.9 Å². The molecule has 146 valence electrons. The van der Waals surface area contributed by atoms with E-state index in [2.05, 4.69) is 66.4 Å². The topological polar surface area (TPSA) is 61.4 Å². The Labute approximate surface area is 174 Å². The quantitative estimate of drug-likeness (QED) is 0.509. The number of aryl methyl sites for hydroxylation is 2. The molecule has 0 fully saturated rings. The van der Waals surface area contributed by atoms with Crippen LogP contribution in [0.4, 0.5) is 11.4 Å². The number of anilines is 2. The summed E-state index contributed by atoms with van der Waals surface area (Å²) in [5, 5.41) is 17.7. The van der Waals surface area contributed by atoms with Gasteiger partial charge in [-0.3, -0.25) is 4.79 Å². The number of allylic oxidation sites excluding steroid dienone is 1. The number of Topliss-reactive ketones (excluding diaryl/α,β-unsaturated/α-hetero) is 1. The average Bonchev–Trinajstić information content (AvgIpc) is 2.73. The van der Waals surface area contributed by atoms with Crippen molar-refractivity contribution in [2.45, 2.75) is 46.6 Å². The van der Waals surface area contributed by atoms with Crippen LogP contribution in [0.1, 0.15) is 49.4 Å². The van der Waals surface area contributed by atoms with Crippen LogP contribution < -0.4 is 10.6 Å². The minimum atomic E-state index is -0.410. The van der Waals surface area contributed by atoms with Crippen LogP contribution in [0.2, 0.25) is 0 Å². The first-order valence-corrected chi connectivity index (χ1v) is 10.3. The Morgan fingerprint density at radius 1 is 1.07 bits per heavy atom. The van der Waals surface area contributed by atoms with Gasteiger partial charge in [0.1, 0.15) is 5.75 Å². The second-order valence-corrected chi connectivity index (χ2v) is 9.64. The van der Waals surface area contributed by atoms with Gasteiger partial charge in [0.25, 0.3) is 0 Å². The van der Waals surface area contributed by atoms with Crippen LogP contribution in [0.15, 0.2) is 46.1 Å². The Balaban J connectivity index is 1.95. The lowest BCUT2D eigenvalue weighted by molar-refractivity contribution is -0.118. The van der Waals surface area contributed by atoms with Crippen LogP contribution in [0, 0.1) is 19.3 Å². The Hall–Kier alpha value is -2.27. The number of hydrogen-bond acceptors (Lipinski definition) is 4. The summed E-state index contributed by atoms with van der Waals surface area (Å²) in [5.74, 6) is 0.300. The highest BCUT2D eigenvalue weighted by atomic mass is 79.9. The van der Waals surface area contributed by atoms with Gasteiger partial charge in [-0.25, -0.2) is 0 Å². The van der Waals surface area contributed by atoms with E-state index < -0.39 is 6.04 Å². The zero-order valence-corrected chi connectivity index (χ0v) is 18.2. The maximum atomic E-state index is 13.2. The van der Waals surface area contributed by atoms with E-state index in [1.807, 2.05) is 6.07 Å². The lowest BCUT2D eigenvalue weighted by atomic mass is 9.73.